The molecule has 2 aromatic rings. The van der Waals surface area contributed by atoms with Gasteiger partial charge in [-0.1, -0.05) is 48.5 Å². The van der Waals surface area contributed by atoms with Crippen molar-refractivity contribution in [3.05, 3.63) is 66.2 Å². The molecule has 0 radical (unpaired) electrons. The summed E-state index contributed by atoms with van der Waals surface area (Å²) in [5, 5.41) is 0. The highest BCUT2D eigenvalue weighted by Gasteiger charge is 2.06. The Morgan fingerprint density at radius 3 is 2.18 bits per heavy atom. The minimum Gasteiger partial charge on any atom is -0.494 e. The molecule has 0 saturated carbocycles. The van der Waals surface area contributed by atoms with Crippen LogP contribution in [-0.4, -0.2) is 38.3 Å². The van der Waals surface area contributed by atoms with Crippen LogP contribution in [0.1, 0.15) is 12.0 Å². The monoisotopic (exact) mass is 299 g/mol. The number of benzene rings is 2. The predicted molar refractivity (Wildman–Crippen MR) is 90.1 cm³/mol. The lowest BCUT2D eigenvalue weighted by Crippen LogP contribution is -2.29. The molecule has 0 N–H and O–H groups in total. The summed E-state index contributed by atoms with van der Waals surface area (Å²) < 4.78 is 11.0. The topological polar surface area (TPSA) is 21.7 Å². The van der Waals surface area contributed by atoms with Crippen molar-refractivity contribution in [1.29, 1.82) is 0 Å². The number of ether oxygens (including phenoxy) is 2. The first kappa shape index (κ1) is 16.5. The summed E-state index contributed by atoms with van der Waals surface area (Å²) in [7, 11) is 1.75. The SMILES string of the molecule is COCCN(CCCOc1ccccc1)Cc1ccccc1. The highest BCUT2D eigenvalue weighted by atomic mass is 16.5. The molecule has 2 rings (SSSR count). The molecular formula is C19H25NO2. The Morgan fingerprint density at radius 2 is 1.50 bits per heavy atom. The fourth-order valence-corrected chi connectivity index (χ4v) is 2.33. The van der Waals surface area contributed by atoms with Crippen molar-refractivity contribution >= 4 is 0 Å². The molecule has 0 spiro atoms. The predicted octanol–water partition coefficient (Wildman–Crippen LogP) is 3.60. The second kappa shape index (κ2) is 9.98. The zero-order valence-electron chi connectivity index (χ0n) is 13.3. The highest BCUT2D eigenvalue weighted by Crippen LogP contribution is 2.09. The summed E-state index contributed by atoms with van der Waals surface area (Å²) in [6.45, 7) is 4.39. The summed E-state index contributed by atoms with van der Waals surface area (Å²) in [6, 6.07) is 20.5. The molecule has 0 amide bonds. The number of hydrogen-bond acceptors (Lipinski definition) is 3. The molecule has 2 aromatic carbocycles. The zero-order chi connectivity index (χ0) is 15.5. The summed E-state index contributed by atoms with van der Waals surface area (Å²) in [4.78, 5) is 2.41. The Balaban J connectivity index is 1.74. The molecule has 0 fully saturated rings. The second-order valence-electron chi connectivity index (χ2n) is 5.27. The van der Waals surface area contributed by atoms with Crippen LogP contribution in [0.15, 0.2) is 60.7 Å². The number of methoxy groups -OCH3 is 1. The van der Waals surface area contributed by atoms with Gasteiger partial charge in [-0.25, -0.2) is 0 Å². The zero-order valence-corrected chi connectivity index (χ0v) is 13.3. The van der Waals surface area contributed by atoms with Crippen molar-refractivity contribution in [1.82, 2.24) is 4.90 Å². The summed E-state index contributed by atoms with van der Waals surface area (Å²) in [5.74, 6) is 0.939. The molecule has 0 bridgehead atoms. The van der Waals surface area contributed by atoms with E-state index in [1.54, 1.807) is 7.11 Å². The lowest BCUT2D eigenvalue weighted by atomic mass is 10.2. The fourth-order valence-electron chi connectivity index (χ4n) is 2.33. The Bertz CT molecular complexity index is 501. The molecule has 3 nitrogen and oxygen atoms in total. The Labute approximate surface area is 133 Å². The molecule has 0 aliphatic heterocycles. The molecule has 3 heteroatoms. The van der Waals surface area contributed by atoms with Gasteiger partial charge in [0.05, 0.1) is 13.2 Å². The van der Waals surface area contributed by atoms with E-state index in [1.165, 1.54) is 5.56 Å². The van der Waals surface area contributed by atoms with Crippen molar-refractivity contribution < 1.29 is 9.47 Å². The van der Waals surface area contributed by atoms with Crippen LogP contribution in [0.3, 0.4) is 0 Å². The quantitative estimate of drug-likeness (QED) is 0.626. The van der Waals surface area contributed by atoms with Crippen molar-refractivity contribution in [2.45, 2.75) is 13.0 Å². The van der Waals surface area contributed by atoms with E-state index in [4.69, 9.17) is 9.47 Å². The third-order valence-electron chi connectivity index (χ3n) is 3.49. The van der Waals surface area contributed by atoms with Crippen LogP contribution in [0, 0.1) is 0 Å². The van der Waals surface area contributed by atoms with Crippen molar-refractivity contribution in [2.24, 2.45) is 0 Å². The van der Waals surface area contributed by atoms with Gasteiger partial charge < -0.3 is 9.47 Å². The van der Waals surface area contributed by atoms with Gasteiger partial charge in [0.25, 0.3) is 0 Å². The van der Waals surface area contributed by atoms with E-state index in [0.29, 0.717) is 0 Å². The van der Waals surface area contributed by atoms with Gasteiger partial charge in [-0.15, -0.1) is 0 Å². The third kappa shape index (κ3) is 6.29. The standard InChI is InChI=1S/C19H25NO2/c1-21-16-14-20(17-18-9-4-2-5-10-18)13-8-15-22-19-11-6-3-7-12-19/h2-7,9-12H,8,13-17H2,1H3. The van der Waals surface area contributed by atoms with E-state index in [9.17, 15) is 0 Å². The van der Waals surface area contributed by atoms with Gasteiger partial charge in [-0.05, 0) is 24.1 Å². The van der Waals surface area contributed by atoms with Crippen molar-refractivity contribution in [3.63, 3.8) is 0 Å². The lowest BCUT2D eigenvalue weighted by Gasteiger charge is -2.22. The first-order valence-electron chi connectivity index (χ1n) is 7.81. The van der Waals surface area contributed by atoms with Crippen LogP contribution in [0.25, 0.3) is 0 Å². The minimum absolute atomic E-state index is 0.738. The van der Waals surface area contributed by atoms with Gasteiger partial charge in [0.15, 0.2) is 0 Å². The van der Waals surface area contributed by atoms with Gasteiger partial charge in [0.1, 0.15) is 5.75 Å². The maximum absolute atomic E-state index is 5.75. The van der Waals surface area contributed by atoms with E-state index in [-0.39, 0.29) is 0 Å². The number of hydrogen-bond donors (Lipinski definition) is 0. The van der Waals surface area contributed by atoms with Crippen molar-refractivity contribution in [2.75, 3.05) is 33.4 Å². The third-order valence-corrected chi connectivity index (χ3v) is 3.49. The van der Waals surface area contributed by atoms with Crippen LogP contribution in [0.2, 0.25) is 0 Å². The van der Waals surface area contributed by atoms with E-state index in [0.717, 1.165) is 45.0 Å². The molecular weight excluding hydrogens is 274 g/mol. The maximum Gasteiger partial charge on any atom is 0.119 e. The number of nitrogens with zero attached hydrogens (tertiary/aromatic N) is 1. The Morgan fingerprint density at radius 1 is 0.818 bits per heavy atom. The molecule has 118 valence electrons. The molecule has 0 saturated heterocycles. The van der Waals surface area contributed by atoms with E-state index >= 15 is 0 Å². The minimum atomic E-state index is 0.738. The maximum atomic E-state index is 5.75. The first-order valence-corrected chi connectivity index (χ1v) is 7.81. The fraction of sp³-hybridized carbons (Fsp3) is 0.368. The van der Waals surface area contributed by atoms with E-state index in [2.05, 4.69) is 35.2 Å². The number of rotatable bonds is 10. The van der Waals surface area contributed by atoms with Crippen LogP contribution in [-0.2, 0) is 11.3 Å². The largest absolute Gasteiger partial charge is 0.494 e. The van der Waals surface area contributed by atoms with Crippen LogP contribution < -0.4 is 4.74 Å². The van der Waals surface area contributed by atoms with Crippen molar-refractivity contribution in [3.8, 4) is 5.75 Å². The lowest BCUT2D eigenvalue weighted by molar-refractivity contribution is 0.138. The second-order valence-corrected chi connectivity index (χ2v) is 5.27. The van der Waals surface area contributed by atoms with Gasteiger partial charge >= 0.3 is 0 Å². The summed E-state index contributed by atoms with van der Waals surface area (Å²) in [6.07, 6.45) is 1.01. The molecule has 0 heterocycles. The molecule has 0 unspecified atom stereocenters. The van der Waals surface area contributed by atoms with E-state index < -0.39 is 0 Å². The smallest absolute Gasteiger partial charge is 0.119 e. The molecule has 22 heavy (non-hydrogen) atoms. The Kier molecular flexibility index (Phi) is 7.50. The Hall–Kier alpha value is -1.84. The first-order chi connectivity index (χ1) is 10.9. The van der Waals surface area contributed by atoms with Gasteiger partial charge in [-0.2, -0.15) is 0 Å². The highest BCUT2D eigenvalue weighted by molar-refractivity contribution is 5.20. The molecule has 0 aliphatic carbocycles. The van der Waals surface area contributed by atoms with Gasteiger partial charge in [0.2, 0.25) is 0 Å². The van der Waals surface area contributed by atoms with Gasteiger partial charge in [-0.3, -0.25) is 4.90 Å². The average Bonchev–Trinajstić information content (AvgIpc) is 2.58. The summed E-state index contributed by atoms with van der Waals surface area (Å²) >= 11 is 0. The van der Waals surface area contributed by atoms with Crippen LogP contribution in [0.4, 0.5) is 0 Å². The van der Waals surface area contributed by atoms with Gasteiger partial charge in [0, 0.05) is 26.7 Å². The van der Waals surface area contributed by atoms with Crippen LogP contribution in [0.5, 0.6) is 5.75 Å². The average molecular weight is 299 g/mol. The molecule has 0 aliphatic rings. The number of para-hydroxylation sites is 1. The van der Waals surface area contributed by atoms with Crippen LogP contribution >= 0.6 is 0 Å². The molecule has 0 aromatic heterocycles. The normalized spacial score (nSPS) is 10.8. The van der Waals surface area contributed by atoms with E-state index in [1.807, 2.05) is 30.3 Å². The molecule has 0 atom stereocenters. The summed E-state index contributed by atoms with van der Waals surface area (Å²) in [5.41, 5.74) is 1.34.